The van der Waals surface area contributed by atoms with E-state index in [1.165, 1.54) is 23.8 Å². The zero-order valence-corrected chi connectivity index (χ0v) is 28.8. The monoisotopic (exact) mass is 611 g/mol. The number of amides is 1. The first-order valence-electron chi connectivity index (χ1n) is 16.1. The molecule has 7 heteroatoms. The molecule has 43 heavy (non-hydrogen) atoms. The lowest BCUT2D eigenvalue weighted by atomic mass is 9.29. The maximum absolute atomic E-state index is 12.8. The number of hydrogen-bond acceptors (Lipinski definition) is 6. The van der Waals surface area contributed by atoms with E-state index in [2.05, 4.69) is 61.5 Å². The third-order valence-electron chi connectivity index (χ3n) is 13.6. The highest BCUT2D eigenvalue weighted by Gasteiger charge is 2.72. The summed E-state index contributed by atoms with van der Waals surface area (Å²) in [6, 6.07) is 1.92. The number of benzene rings is 1. The van der Waals surface area contributed by atoms with Crippen molar-refractivity contribution in [2.24, 2.45) is 32.8 Å². The molecular weight excluding hydrogens is 558 g/mol. The van der Waals surface area contributed by atoms with Crippen LogP contribution in [-0.2, 0) is 19.7 Å². The molecule has 1 aromatic carbocycles. The van der Waals surface area contributed by atoms with E-state index in [-0.39, 0.29) is 50.6 Å². The summed E-state index contributed by atoms with van der Waals surface area (Å²) in [4.78, 5) is 24.7. The molecule has 1 aromatic rings. The highest BCUT2D eigenvalue weighted by atomic mass is 32.2. The SMILES string of the molecule is COC(=O)COc1c(O)cc2c(c1C)C(SC(C)C)C=C1[C@@]2(C)CC[C@@]2(C)[C@]3(C)C[C@](C)(C(N)=O)CC[C@]3(C)CC[C@]12C. The number of carbonyl (C=O) groups is 2. The van der Waals surface area contributed by atoms with Gasteiger partial charge in [0.1, 0.15) is 0 Å². The van der Waals surface area contributed by atoms with Gasteiger partial charge < -0.3 is 20.3 Å². The number of fused-ring (bicyclic) bond motifs is 7. The topological polar surface area (TPSA) is 98.8 Å². The van der Waals surface area contributed by atoms with Crippen molar-refractivity contribution in [1.29, 1.82) is 0 Å². The van der Waals surface area contributed by atoms with Crippen LogP contribution in [0.4, 0.5) is 0 Å². The Morgan fingerprint density at radius 1 is 1.02 bits per heavy atom. The molecule has 4 aliphatic carbocycles. The molecule has 0 heterocycles. The van der Waals surface area contributed by atoms with Gasteiger partial charge in [-0.05, 0) is 102 Å². The number of aromatic hydroxyl groups is 1. The van der Waals surface area contributed by atoms with E-state index in [1.807, 2.05) is 24.8 Å². The van der Waals surface area contributed by atoms with E-state index >= 15 is 0 Å². The van der Waals surface area contributed by atoms with Crippen molar-refractivity contribution in [2.75, 3.05) is 13.7 Å². The summed E-state index contributed by atoms with van der Waals surface area (Å²) in [6.07, 6.45) is 9.48. The average molecular weight is 612 g/mol. The summed E-state index contributed by atoms with van der Waals surface area (Å²) in [7, 11) is 1.33. The van der Waals surface area contributed by atoms with Gasteiger partial charge in [0, 0.05) is 16.1 Å². The van der Waals surface area contributed by atoms with E-state index in [9.17, 15) is 14.7 Å². The van der Waals surface area contributed by atoms with Crippen LogP contribution >= 0.6 is 11.8 Å². The molecule has 3 fully saturated rings. The van der Waals surface area contributed by atoms with Crippen LogP contribution in [0.25, 0.3) is 0 Å². The molecule has 0 aliphatic heterocycles. The number of allylic oxidation sites excluding steroid dienone is 1. The minimum atomic E-state index is -0.497. The quantitative estimate of drug-likeness (QED) is 0.250. The number of primary amides is 1. The number of hydrogen-bond donors (Lipinski definition) is 2. The molecule has 4 aliphatic rings. The van der Waals surface area contributed by atoms with Gasteiger partial charge >= 0.3 is 5.97 Å². The first-order chi connectivity index (χ1) is 19.8. The zero-order valence-electron chi connectivity index (χ0n) is 28.0. The van der Waals surface area contributed by atoms with Crippen LogP contribution in [0.15, 0.2) is 17.7 Å². The van der Waals surface area contributed by atoms with Crippen LogP contribution in [-0.4, -0.2) is 35.9 Å². The summed E-state index contributed by atoms with van der Waals surface area (Å²) in [5.41, 5.74) is 10.0. The van der Waals surface area contributed by atoms with Crippen LogP contribution < -0.4 is 10.5 Å². The van der Waals surface area contributed by atoms with Gasteiger partial charge in [0.15, 0.2) is 18.1 Å². The molecule has 0 radical (unpaired) electrons. The number of thioether (sulfide) groups is 1. The number of nitrogens with two attached hydrogens (primary N) is 1. The van der Waals surface area contributed by atoms with E-state index in [0.29, 0.717) is 11.0 Å². The number of rotatable bonds is 6. The molecule has 0 bridgehead atoms. The second-order valence-corrected chi connectivity index (χ2v) is 17.6. The minimum Gasteiger partial charge on any atom is -0.504 e. The fourth-order valence-corrected chi connectivity index (χ4v) is 11.5. The van der Waals surface area contributed by atoms with Gasteiger partial charge in [-0.1, -0.05) is 67.0 Å². The Morgan fingerprint density at radius 2 is 1.67 bits per heavy atom. The van der Waals surface area contributed by atoms with Crippen molar-refractivity contribution in [3.05, 3.63) is 34.4 Å². The number of phenolic OH excluding ortho intramolecular Hbond substituents is 1. The lowest BCUT2D eigenvalue weighted by molar-refractivity contribution is -0.221. The third kappa shape index (κ3) is 4.33. The van der Waals surface area contributed by atoms with E-state index in [0.717, 1.165) is 50.5 Å². The van der Waals surface area contributed by atoms with Crippen molar-refractivity contribution in [2.45, 2.75) is 123 Å². The van der Waals surface area contributed by atoms with Crippen molar-refractivity contribution in [1.82, 2.24) is 0 Å². The Hall–Kier alpha value is -2.15. The van der Waals surface area contributed by atoms with E-state index < -0.39 is 11.4 Å². The van der Waals surface area contributed by atoms with Crippen LogP contribution in [0, 0.1) is 34.0 Å². The Labute approximate surface area is 262 Å². The Bertz CT molecular complexity index is 1390. The van der Waals surface area contributed by atoms with Gasteiger partial charge in [0.05, 0.1) is 7.11 Å². The lowest BCUT2D eigenvalue weighted by Gasteiger charge is -2.74. The summed E-state index contributed by atoms with van der Waals surface area (Å²) >= 11 is 1.93. The summed E-state index contributed by atoms with van der Waals surface area (Å²) in [5, 5.41) is 11.8. The van der Waals surface area contributed by atoms with Crippen LogP contribution in [0.3, 0.4) is 0 Å². The normalized spacial score (nSPS) is 40.0. The fraction of sp³-hybridized carbons (Fsp3) is 0.722. The number of phenols is 1. The van der Waals surface area contributed by atoms with Crippen LogP contribution in [0.1, 0.15) is 122 Å². The van der Waals surface area contributed by atoms with Gasteiger partial charge in [0.2, 0.25) is 5.91 Å². The predicted molar refractivity (Wildman–Crippen MR) is 173 cm³/mol. The molecule has 0 spiro atoms. The van der Waals surface area contributed by atoms with Crippen molar-refractivity contribution in [3.63, 3.8) is 0 Å². The smallest absolute Gasteiger partial charge is 0.343 e. The van der Waals surface area contributed by atoms with Gasteiger partial charge in [-0.2, -0.15) is 0 Å². The number of ether oxygens (including phenoxy) is 2. The molecule has 6 nitrogen and oxygen atoms in total. The molecule has 3 saturated carbocycles. The number of carbonyl (C=O) groups excluding carboxylic acids is 2. The minimum absolute atomic E-state index is 0.0410. The highest BCUT2D eigenvalue weighted by molar-refractivity contribution is 8.00. The molecule has 0 saturated heterocycles. The summed E-state index contributed by atoms with van der Waals surface area (Å²) in [5.74, 6) is -0.212. The van der Waals surface area contributed by atoms with Gasteiger partial charge in [-0.15, -0.1) is 11.8 Å². The molecule has 1 unspecified atom stereocenters. The summed E-state index contributed by atoms with van der Waals surface area (Å²) in [6.45, 7) is 20.7. The zero-order chi connectivity index (χ0) is 32.0. The van der Waals surface area contributed by atoms with Gasteiger partial charge in [-0.3, -0.25) is 4.79 Å². The molecule has 0 aromatic heterocycles. The third-order valence-corrected chi connectivity index (χ3v) is 14.8. The molecule has 3 N–H and O–H groups in total. The van der Waals surface area contributed by atoms with Gasteiger partial charge in [-0.25, -0.2) is 4.79 Å². The maximum atomic E-state index is 12.8. The fourth-order valence-electron chi connectivity index (χ4n) is 10.3. The van der Waals surface area contributed by atoms with E-state index in [4.69, 9.17) is 15.2 Å². The van der Waals surface area contributed by atoms with Crippen molar-refractivity contribution >= 4 is 23.6 Å². The molecule has 238 valence electrons. The number of esters is 1. The lowest BCUT2D eigenvalue weighted by Crippen LogP contribution is -2.68. The van der Waals surface area contributed by atoms with Gasteiger partial charge in [0.25, 0.3) is 0 Å². The Balaban J connectivity index is 1.68. The Morgan fingerprint density at radius 3 is 2.28 bits per heavy atom. The molecule has 1 amide bonds. The maximum Gasteiger partial charge on any atom is 0.343 e. The first kappa shape index (κ1) is 32.2. The summed E-state index contributed by atoms with van der Waals surface area (Å²) < 4.78 is 10.7. The Kier molecular flexibility index (Phi) is 7.64. The molecule has 7 atom stereocenters. The molecular formula is C36H53NO5S. The largest absolute Gasteiger partial charge is 0.504 e. The standard InChI is InChI=1S/C36H53NO5S/c1-21(2)43-25-18-26-33(6,23-17-24(38)29(22(3)28(23)25)42-19-27(39)41-10)14-16-35(8)34(26,7)15-13-32(5)12-11-31(4,30(37)40)20-36(32,35)9/h17-18,21,25,38H,11-16,19-20H2,1-10H3,(H2,37,40)/t25?,31-,32-,33+,34-,35-,36-/m1/s1. The second kappa shape index (κ2) is 10.2. The van der Waals surface area contributed by atoms with Crippen LogP contribution in [0.2, 0.25) is 0 Å². The van der Waals surface area contributed by atoms with Crippen molar-refractivity contribution in [3.8, 4) is 11.5 Å². The van der Waals surface area contributed by atoms with Crippen molar-refractivity contribution < 1.29 is 24.2 Å². The second-order valence-electron chi connectivity index (χ2n) is 15.9. The average Bonchev–Trinajstić information content (AvgIpc) is 2.92. The first-order valence-corrected chi connectivity index (χ1v) is 17.0. The van der Waals surface area contributed by atoms with E-state index in [1.54, 1.807) is 0 Å². The van der Waals surface area contributed by atoms with Crippen LogP contribution in [0.5, 0.6) is 11.5 Å². The molecule has 5 rings (SSSR count). The highest BCUT2D eigenvalue weighted by Crippen LogP contribution is 2.79. The number of methoxy groups -OCH3 is 1. The predicted octanol–water partition coefficient (Wildman–Crippen LogP) is 7.92.